The van der Waals surface area contributed by atoms with Gasteiger partial charge in [-0.05, 0) is 61.7 Å². The van der Waals surface area contributed by atoms with Crippen LogP contribution in [0.5, 0.6) is 11.5 Å². The third kappa shape index (κ3) is 3.32. The highest BCUT2D eigenvalue weighted by molar-refractivity contribution is 5.38. The number of hydrogen-bond donors (Lipinski definition) is 1. The van der Waals surface area contributed by atoms with E-state index in [1.165, 1.54) is 6.07 Å². The largest absolute Gasteiger partial charge is 0.454 e. The molecule has 0 spiro atoms. The number of rotatable bonds is 3. The average molecular weight is 259 g/mol. The number of ether oxygens (including phenoxy) is 1. The van der Waals surface area contributed by atoms with Gasteiger partial charge in [0.25, 0.3) is 0 Å². The topological polar surface area (TPSA) is 35.2 Å². The van der Waals surface area contributed by atoms with Crippen molar-refractivity contribution in [3.63, 3.8) is 0 Å². The molecule has 100 valence electrons. The molecule has 19 heavy (non-hydrogen) atoms. The molecule has 0 aromatic heterocycles. The lowest BCUT2D eigenvalue weighted by atomic mass is 10.1. The van der Waals surface area contributed by atoms with Crippen molar-refractivity contribution in [3.05, 3.63) is 58.9 Å². The monoisotopic (exact) mass is 259 g/mol. The van der Waals surface area contributed by atoms with E-state index < -0.39 is 5.82 Å². The minimum atomic E-state index is -0.394. The predicted octanol–water partition coefficient (Wildman–Crippen LogP) is 4.25. The molecule has 1 atom stereocenters. The summed E-state index contributed by atoms with van der Waals surface area (Å²) in [6.45, 7) is 5.78. The summed E-state index contributed by atoms with van der Waals surface area (Å²) in [5, 5.41) is 0. The summed E-state index contributed by atoms with van der Waals surface area (Å²) >= 11 is 0. The fourth-order valence-electron chi connectivity index (χ4n) is 2.00. The van der Waals surface area contributed by atoms with Crippen LogP contribution < -0.4 is 10.5 Å². The summed E-state index contributed by atoms with van der Waals surface area (Å²) in [5.41, 5.74) is 8.64. The Bertz CT molecular complexity index is 573. The van der Waals surface area contributed by atoms with Crippen LogP contribution in [0.2, 0.25) is 0 Å². The number of aryl methyl sites for hydroxylation is 2. The standard InChI is InChI=1S/C16H18FNO/c1-10-6-11(2)8-14(7-10)19-16-5-4-13(12(3)18)9-15(16)17/h4-9,12H,18H2,1-3H3/t12-/m0/s1. The molecule has 0 aliphatic heterocycles. The maximum absolute atomic E-state index is 13.9. The molecule has 2 nitrogen and oxygen atoms in total. The summed E-state index contributed by atoms with van der Waals surface area (Å²) in [4.78, 5) is 0. The van der Waals surface area contributed by atoms with Crippen LogP contribution in [0.4, 0.5) is 4.39 Å². The maximum atomic E-state index is 13.9. The van der Waals surface area contributed by atoms with Gasteiger partial charge in [-0.2, -0.15) is 0 Å². The molecule has 0 aliphatic carbocycles. The first-order chi connectivity index (χ1) is 8.95. The van der Waals surface area contributed by atoms with Crippen LogP contribution in [0.25, 0.3) is 0 Å². The van der Waals surface area contributed by atoms with Crippen molar-refractivity contribution in [3.8, 4) is 11.5 Å². The van der Waals surface area contributed by atoms with Gasteiger partial charge in [-0.25, -0.2) is 4.39 Å². The summed E-state index contributed by atoms with van der Waals surface area (Å²) in [7, 11) is 0. The lowest BCUT2D eigenvalue weighted by molar-refractivity contribution is 0.440. The molecule has 2 aromatic carbocycles. The van der Waals surface area contributed by atoms with E-state index in [1.807, 2.05) is 39.0 Å². The van der Waals surface area contributed by atoms with E-state index in [-0.39, 0.29) is 11.8 Å². The van der Waals surface area contributed by atoms with E-state index in [1.54, 1.807) is 12.1 Å². The van der Waals surface area contributed by atoms with Crippen LogP contribution in [-0.2, 0) is 0 Å². The average Bonchev–Trinajstić information content (AvgIpc) is 2.30. The molecule has 2 aromatic rings. The molecule has 0 fully saturated rings. The van der Waals surface area contributed by atoms with Gasteiger partial charge >= 0.3 is 0 Å². The fourth-order valence-corrected chi connectivity index (χ4v) is 2.00. The molecular weight excluding hydrogens is 241 g/mol. The zero-order valence-corrected chi connectivity index (χ0v) is 11.4. The van der Waals surface area contributed by atoms with Crippen molar-refractivity contribution in [2.24, 2.45) is 5.73 Å². The molecule has 0 bridgehead atoms. The van der Waals surface area contributed by atoms with Crippen molar-refractivity contribution in [1.29, 1.82) is 0 Å². The van der Waals surface area contributed by atoms with Gasteiger partial charge in [0.15, 0.2) is 11.6 Å². The highest BCUT2D eigenvalue weighted by Crippen LogP contribution is 2.27. The van der Waals surface area contributed by atoms with Gasteiger partial charge in [0.2, 0.25) is 0 Å². The number of benzene rings is 2. The normalized spacial score (nSPS) is 12.3. The van der Waals surface area contributed by atoms with E-state index in [0.29, 0.717) is 5.75 Å². The number of nitrogens with two attached hydrogens (primary N) is 1. The molecule has 0 unspecified atom stereocenters. The second kappa shape index (κ2) is 5.41. The summed E-state index contributed by atoms with van der Waals surface area (Å²) < 4.78 is 19.5. The Morgan fingerprint density at radius 2 is 1.68 bits per heavy atom. The summed E-state index contributed by atoms with van der Waals surface area (Å²) in [5.74, 6) is 0.466. The van der Waals surface area contributed by atoms with Crippen LogP contribution in [0.15, 0.2) is 36.4 Å². The Morgan fingerprint density at radius 3 is 2.21 bits per heavy atom. The Hall–Kier alpha value is -1.87. The first kappa shape index (κ1) is 13.6. The van der Waals surface area contributed by atoms with Crippen molar-refractivity contribution >= 4 is 0 Å². The summed E-state index contributed by atoms with van der Waals surface area (Å²) in [6, 6.07) is 10.4. The molecule has 0 radical (unpaired) electrons. The Labute approximate surface area is 113 Å². The smallest absolute Gasteiger partial charge is 0.166 e. The Balaban J connectivity index is 2.28. The molecule has 0 heterocycles. The van der Waals surface area contributed by atoms with Gasteiger partial charge in [-0.3, -0.25) is 0 Å². The molecule has 0 aliphatic rings. The molecule has 2 rings (SSSR count). The zero-order valence-electron chi connectivity index (χ0n) is 11.4. The van der Waals surface area contributed by atoms with Crippen LogP contribution in [0.3, 0.4) is 0 Å². The number of hydrogen-bond acceptors (Lipinski definition) is 2. The molecule has 0 saturated heterocycles. The Morgan fingerprint density at radius 1 is 1.05 bits per heavy atom. The minimum Gasteiger partial charge on any atom is -0.454 e. The lowest BCUT2D eigenvalue weighted by Gasteiger charge is -2.11. The third-order valence-corrected chi connectivity index (χ3v) is 2.90. The highest BCUT2D eigenvalue weighted by atomic mass is 19.1. The van der Waals surface area contributed by atoms with Crippen molar-refractivity contribution in [1.82, 2.24) is 0 Å². The highest BCUT2D eigenvalue weighted by Gasteiger charge is 2.08. The lowest BCUT2D eigenvalue weighted by Crippen LogP contribution is -2.05. The van der Waals surface area contributed by atoms with E-state index in [9.17, 15) is 4.39 Å². The van der Waals surface area contributed by atoms with Gasteiger partial charge in [-0.15, -0.1) is 0 Å². The molecule has 2 N–H and O–H groups in total. The van der Waals surface area contributed by atoms with Gasteiger partial charge in [0, 0.05) is 6.04 Å². The third-order valence-electron chi connectivity index (χ3n) is 2.90. The van der Waals surface area contributed by atoms with E-state index in [0.717, 1.165) is 16.7 Å². The van der Waals surface area contributed by atoms with Gasteiger partial charge < -0.3 is 10.5 Å². The van der Waals surface area contributed by atoms with Crippen LogP contribution >= 0.6 is 0 Å². The molecule has 3 heteroatoms. The Kier molecular flexibility index (Phi) is 3.86. The second-order valence-electron chi connectivity index (χ2n) is 4.90. The molecule has 0 amide bonds. The van der Waals surface area contributed by atoms with Gasteiger partial charge in [0.05, 0.1) is 0 Å². The van der Waals surface area contributed by atoms with Crippen molar-refractivity contribution in [2.45, 2.75) is 26.8 Å². The predicted molar refractivity (Wildman–Crippen MR) is 75.0 cm³/mol. The zero-order chi connectivity index (χ0) is 14.0. The van der Waals surface area contributed by atoms with Gasteiger partial charge in [0.1, 0.15) is 5.75 Å². The van der Waals surface area contributed by atoms with Crippen LogP contribution in [0, 0.1) is 19.7 Å². The van der Waals surface area contributed by atoms with Crippen molar-refractivity contribution < 1.29 is 9.13 Å². The van der Waals surface area contributed by atoms with Gasteiger partial charge in [-0.1, -0.05) is 12.1 Å². The fraction of sp³-hybridized carbons (Fsp3) is 0.250. The van der Waals surface area contributed by atoms with Crippen LogP contribution in [-0.4, -0.2) is 0 Å². The first-order valence-electron chi connectivity index (χ1n) is 6.27. The van der Waals surface area contributed by atoms with E-state index >= 15 is 0 Å². The van der Waals surface area contributed by atoms with E-state index in [2.05, 4.69) is 0 Å². The quantitative estimate of drug-likeness (QED) is 0.894. The van der Waals surface area contributed by atoms with Crippen LogP contribution in [0.1, 0.15) is 29.7 Å². The number of halogens is 1. The minimum absolute atomic E-state index is 0.190. The molecular formula is C16H18FNO. The maximum Gasteiger partial charge on any atom is 0.166 e. The SMILES string of the molecule is Cc1cc(C)cc(Oc2ccc([C@H](C)N)cc2F)c1. The second-order valence-corrected chi connectivity index (χ2v) is 4.90. The summed E-state index contributed by atoms with van der Waals surface area (Å²) in [6.07, 6.45) is 0. The van der Waals surface area contributed by atoms with E-state index in [4.69, 9.17) is 10.5 Å². The molecule has 0 saturated carbocycles. The van der Waals surface area contributed by atoms with Crippen molar-refractivity contribution in [2.75, 3.05) is 0 Å². The first-order valence-corrected chi connectivity index (χ1v) is 6.27.